The number of hydrogen-bond acceptors (Lipinski definition) is 3. The lowest BCUT2D eigenvalue weighted by molar-refractivity contribution is -0.137. The number of primary amides is 1. The van der Waals surface area contributed by atoms with Gasteiger partial charge in [0, 0.05) is 19.0 Å². The van der Waals surface area contributed by atoms with Crippen molar-refractivity contribution in [3.8, 4) is 0 Å². The maximum Gasteiger partial charge on any atom is 0.266 e. The Hall–Kier alpha value is -2.11. The lowest BCUT2D eigenvalue weighted by Crippen LogP contribution is -2.42. The third-order valence-corrected chi connectivity index (χ3v) is 4.05. The molecule has 3 rings (SSSR count). The second kappa shape index (κ2) is 5.11. The molecule has 0 bridgehead atoms. The number of nitrogens with two attached hydrogens (primary N) is 1. The maximum absolute atomic E-state index is 12.5. The van der Waals surface area contributed by atoms with Crippen molar-refractivity contribution in [2.75, 3.05) is 6.54 Å². The van der Waals surface area contributed by atoms with Crippen molar-refractivity contribution in [2.45, 2.75) is 32.4 Å². The van der Waals surface area contributed by atoms with E-state index in [0.29, 0.717) is 25.3 Å². The van der Waals surface area contributed by atoms with E-state index in [1.165, 1.54) is 6.20 Å². The summed E-state index contributed by atoms with van der Waals surface area (Å²) in [6.07, 6.45) is 8.44. The monoisotopic (exact) mass is 274 g/mol. The summed E-state index contributed by atoms with van der Waals surface area (Å²) < 4.78 is 1.81. The molecule has 0 radical (unpaired) electrons. The Morgan fingerprint density at radius 3 is 2.85 bits per heavy atom. The van der Waals surface area contributed by atoms with Crippen molar-refractivity contribution in [1.82, 2.24) is 14.5 Å². The molecule has 0 saturated heterocycles. The molecule has 2 heterocycles. The Labute approximate surface area is 117 Å². The lowest BCUT2D eigenvalue weighted by atomic mass is 9.93. The third-order valence-electron chi connectivity index (χ3n) is 4.05. The molecule has 1 aromatic heterocycles. The zero-order valence-corrected chi connectivity index (χ0v) is 11.3. The standard InChI is InChI=1S/C14H18N4O2/c15-13(19)11-8-16-12-9-17(6-7-18(11)12)14(20)10-4-2-1-3-5-10/h1-2,8,10H,3-7,9H2,(H2,15,19)/t10-/m0/s1. The second-order valence-electron chi connectivity index (χ2n) is 5.32. The molecule has 0 fully saturated rings. The summed E-state index contributed by atoms with van der Waals surface area (Å²) in [5.41, 5.74) is 5.73. The van der Waals surface area contributed by atoms with E-state index in [-0.39, 0.29) is 11.8 Å². The molecule has 0 spiro atoms. The molecule has 1 aromatic rings. The van der Waals surface area contributed by atoms with Crippen LogP contribution in [0.5, 0.6) is 0 Å². The zero-order chi connectivity index (χ0) is 14.1. The van der Waals surface area contributed by atoms with Gasteiger partial charge >= 0.3 is 0 Å². The van der Waals surface area contributed by atoms with Gasteiger partial charge in [0.25, 0.3) is 5.91 Å². The predicted octanol–water partition coefficient (Wildman–Crippen LogP) is 0.680. The molecule has 1 aliphatic carbocycles. The molecule has 0 aromatic carbocycles. The van der Waals surface area contributed by atoms with Crippen molar-refractivity contribution in [3.05, 3.63) is 29.9 Å². The van der Waals surface area contributed by atoms with Gasteiger partial charge in [0.15, 0.2) is 0 Å². The largest absolute Gasteiger partial charge is 0.364 e. The minimum atomic E-state index is -0.471. The molecule has 2 aliphatic rings. The molecule has 106 valence electrons. The average Bonchev–Trinajstić information content (AvgIpc) is 2.90. The summed E-state index contributed by atoms with van der Waals surface area (Å²) in [5, 5.41) is 0. The zero-order valence-electron chi connectivity index (χ0n) is 11.3. The highest BCUT2D eigenvalue weighted by Gasteiger charge is 2.29. The Morgan fingerprint density at radius 2 is 2.15 bits per heavy atom. The van der Waals surface area contributed by atoms with E-state index in [2.05, 4.69) is 17.1 Å². The number of aromatic nitrogens is 2. The SMILES string of the molecule is NC(=O)c1cnc2n1CCN(C(=O)[C@H]1CC=CCC1)C2. The molecular formula is C14H18N4O2. The van der Waals surface area contributed by atoms with Gasteiger partial charge < -0.3 is 15.2 Å². The molecule has 6 nitrogen and oxygen atoms in total. The molecule has 1 aliphatic heterocycles. The Morgan fingerprint density at radius 1 is 1.30 bits per heavy atom. The van der Waals surface area contributed by atoms with Gasteiger partial charge in [-0.25, -0.2) is 4.98 Å². The number of rotatable bonds is 2. The first kappa shape index (κ1) is 12.9. The van der Waals surface area contributed by atoms with Crippen LogP contribution in [0.25, 0.3) is 0 Å². The van der Waals surface area contributed by atoms with Crippen LogP contribution in [0.2, 0.25) is 0 Å². The van der Waals surface area contributed by atoms with Crippen LogP contribution in [-0.4, -0.2) is 32.8 Å². The number of carbonyl (C=O) groups is 2. The number of carbonyl (C=O) groups excluding carboxylic acids is 2. The number of fused-ring (bicyclic) bond motifs is 1. The quantitative estimate of drug-likeness (QED) is 0.805. The summed E-state index contributed by atoms with van der Waals surface area (Å²) in [7, 11) is 0. The lowest BCUT2D eigenvalue weighted by Gasteiger charge is -2.31. The minimum absolute atomic E-state index is 0.0946. The highest BCUT2D eigenvalue weighted by Crippen LogP contribution is 2.23. The third kappa shape index (κ3) is 2.21. The van der Waals surface area contributed by atoms with Crippen LogP contribution < -0.4 is 5.73 Å². The van der Waals surface area contributed by atoms with Crippen LogP contribution in [0, 0.1) is 5.92 Å². The maximum atomic E-state index is 12.5. The van der Waals surface area contributed by atoms with E-state index < -0.39 is 5.91 Å². The van der Waals surface area contributed by atoms with Gasteiger partial charge in [-0.15, -0.1) is 0 Å². The van der Waals surface area contributed by atoms with Gasteiger partial charge in [-0.2, -0.15) is 0 Å². The van der Waals surface area contributed by atoms with E-state index in [4.69, 9.17) is 5.73 Å². The van der Waals surface area contributed by atoms with Gasteiger partial charge in [-0.05, 0) is 19.3 Å². The van der Waals surface area contributed by atoms with Crippen LogP contribution in [-0.2, 0) is 17.9 Å². The molecule has 2 amide bonds. The highest BCUT2D eigenvalue weighted by atomic mass is 16.2. The Bertz CT molecular complexity index is 576. The van der Waals surface area contributed by atoms with Crippen molar-refractivity contribution in [2.24, 2.45) is 11.7 Å². The summed E-state index contributed by atoms with van der Waals surface area (Å²) >= 11 is 0. The molecule has 2 N–H and O–H groups in total. The van der Waals surface area contributed by atoms with E-state index in [1.54, 1.807) is 0 Å². The fourth-order valence-electron chi connectivity index (χ4n) is 2.92. The minimum Gasteiger partial charge on any atom is -0.364 e. The molecule has 6 heteroatoms. The summed E-state index contributed by atoms with van der Waals surface area (Å²) in [5.74, 6) is 0.562. The van der Waals surface area contributed by atoms with Gasteiger partial charge in [-0.3, -0.25) is 9.59 Å². The molecule has 20 heavy (non-hydrogen) atoms. The van der Waals surface area contributed by atoms with Crippen molar-refractivity contribution < 1.29 is 9.59 Å². The van der Waals surface area contributed by atoms with Crippen LogP contribution in [0.4, 0.5) is 0 Å². The second-order valence-corrected chi connectivity index (χ2v) is 5.32. The van der Waals surface area contributed by atoms with Gasteiger partial charge in [0.05, 0.1) is 12.7 Å². The average molecular weight is 274 g/mol. The Kier molecular flexibility index (Phi) is 3.30. The van der Waals surface area contributed by atoms with Crippen molar-refractivity contribution in [3.63, 3.8) is 0 Å². The van der Waals surface area contributed by atoms with E-state index in [9.17, 15) is 9.59 Å². The number of imidazole rings is 1. The number of amides is 2. The summed E-state index contributed by atoms with van der Waals surface area (Å²) in [6.45, 7) is 1.66. The summed E-state index contributed by atoms with van der Waals surface area (Å²) in [6, 6.07) is 0. The molecular weight excluding hydrogens is 256 g/mol. The van der Waals surface area contributed by atoms with Crippen LogP contribution in [0.1, 0.15) is 35.6 Å². The van der Waals surface area contributed by atoms with E-state index in [1.807, 2.05) is 9.47 Å². The first-order valence-electron chi connectivity index (χ1n) is 6.95. The number of allylic oxidation sites excluding steroid dienone is 2. The van der Waals surface area contributed by atoms with Gasteiger partial charge in [0.2, 0.25) is 5.91 Å². The van der Waals surface area contributed by atoms with Crippen LogP contribution >= 0.6 is 0 Å². The number of nitrogens with zero attached hydrogens (tertiary/aromatic N) is 3. The van der Waals surface area contributed by atoms with Crippen molar-refractivity contribution >= 4 is 11.8 Å². The Balaban J connectivity index is 1.74. The fraction of sp³-hybridized carbons (Fsp3) is 0.500. The van der Waals surface area contributed by atoms with E-state index in [0.717, 1.165) is 25.1 Å². The van der Waals surface area contributed by atoms with Crippen LogP contribution in [0.3, 0.4) is 0 Å². The van der Waals surface area contributed by atoms with Gasteiger partial charge in [0.1, 0.15) is 11.5 Å². The smallest absolute Gasteiger partial charge is 0.266 e. The van der Waals surface area contributed by atoms with Crippen molar-refractivity contribution in [1.29, 1.82) is 0 Å². The van der Waals surface area contributed by atoms with E-state index >= 15 is 0 Å². The number of hydrogen-bond donors (Lipinski definition) is 1. The topological polar surface area (TPSA) is 81.2 Å². The first-order chi connectivity index (χ1) is 9.66. The van der Waals surface area contributed by atoms with Crippen LogP contribution in [0.15, 0.2) is 18.3 Å². The molecule has 0 unspecified atom stereocenters. The highest BCUT2D eigenvalue weighted by molar-refractivity contribution is 5.91. The fourth-order valence-corrected chi connectivity index (χ4v) is 2.92. The normalized spacial score (nSPS) is 21.6. The molecule has 1 atom stereocenters. The summed E-state index contributed by atoms with van der Waals surface area (Å²) in [4.78, 5) is 29.8. The van der Waals surface area contributed by atoms with Gasteiger partial charge in [-0.1, -0.05) is 12.2 Å². The molecule has 0 saturated carbocycles. The predicted molar refractivity (Wildman–Crippen MR) is 72.6 cm³/mol. The first-order valence-corrected chi connectivity index (χ1v) is 6.95.